The highest BCUT2D eigenvalue weighted by molar-refractivity contribution is 9.10. The monoisotopic (exact) mass is 368 g/mol. The van der Waals surface area contributed by atoms with Crippen LogP contribution in [0.3, 0.4) is 0 Å². The molecule has 2 N–H and O–H groups in total. The molecule has 0 aliphatic heterocycles. The third kappa shape index (κ3) is 3.25. The molecule has 0 radical (unpaired) electrons. The molecular formula is C14H13BrN2O3S. The van der Waals surface area contributed by atoms with E-state index >= 15 is 0 Å². The highest BCUT2D eigenvalue weighted by atomic mass is 79.9. The van der Waals surface area contributed by atoms with Gasteiger partial charge in [0.25, 0.3) is 10.0 Å². The van der Waals surface area contributed by atoms with Crippen molar-refractivity contribution in [2.75, 3.05) is 11.4 Å². The number of nitrogens with two attached hydrogens (primary N) is 1. The van der Waals surface area contributed by atoms with Crippen molar-refractivity contribution in [3.63, 3.8) is 0 Å². The van der Waals surface area contributed by atoms with E-state index in [-0.39, 0.29) is 10.5 Å². The van der Waals surface area contributed by atoms with Gasteiger partial charge >= 0.3 is 0 Å². The molecule has 5 nitrogen and oxygen atoms in total. The second-order valence-electron chi connectivity index (χ2n) is 4.35. The predicted octanol–water partition coefficient (Wildman–Crippen LogP) is 2.37. The molecule has 0 fully saturated rings. The summed E-state index contributed by atoms with van der Waals surface area (Å²) in [5.41, 5.74) is 5.82. The lowest BCUT2D eigenvalue weighted by Crippen LogP contribution is -2.27. The molecule has 0 atom stereocenters. The van der Waals surface area contributed by atoms with Gasteiger partial charge in [-0.1, -0.05) is 34.1 Å². The quantitative estimate of drug-likeness (QED) is 0.899. The van der Waals surface area contributed by atoms with Gasteiger partial charge in [-0.25, -0.2) is 8.42 Å². The summed E-state index contributed by atoms with van der Waals surface area (Å²) < 4.78 is 26.7. The maximum absolute atomic E-state index is 12.5. The zero-order valence-electron chi connectivity index (χ0n) is 11.2. The number of hydrogen-bond acceptors (Lipinski definition) is 3. The van der Waals surface area contributed by atoms with Crippen LogP contribution in [0.2, 0.25) is 0 Å². The number of nitrogens with zero attached hydrogens (tertiary/aromatic N) is 1. The van der Waals surface area contributed by atoms with Gasteiger partial charge in [0.15, 0.2) is 0 Å². The number of anilines is 1. The van der Waals surface area contributed by atoms with Crippen LogP contribution in [-0.2, 0) is 10.0 Å². The molecule has 0 aliphatic rings. The molecule has 21 heavy (non-hydrogen) atoms. The molecule has 1 amide bonds. The molecule has 0 saturated carbocycles. The third-order valence-electron chi connectivity index (χ3n) is 2.93. The van der Waals surface area contributed by atoms with Crippen LogP contribution in [0.1, 0.15) is 10.4 Å². The van der Waals surface area contributed by atoms with Crippen LogP contribution in [0.15, 0.2) is 57.9 Å². The van der Waals surface area contributed by atoms with Crippen molar-refractivity contribution < 1.29 is 13.2 Å². The maximum atomic E-state index is 12.5. The Hall–Kier alpha value is -1.86. The number of primary amides is 1. The second kappa shape index (κ2) is 5.87. The van der Waals surface area contributed by atoms with E-state index in [0.717, 1.165) is 4.31 Å². The lowest BCUT2D eigenvalue weighted by molar-refractivity contribution is 0.1000. The van der Waals surface area contributed by atoms with Crippen LogP contribution in [0.4, 0.5) is 5.69 Å². The molecule has 0 unspecified atom stereocenters. The van der Waals surface area contributed by atoms with Gasteiger partial charge < -0.3 is 5.73 Å². The Morgan fingerprint density at radius 1 is 1.14 bits per heavy atom. The van der Waals surface area contributed by atoms with Crippen LogP contribution in [0, 0.1) is 0 Å². The van der Waals surface area contributed by atoms with Gasteiger partial charge in [-0.05, 0) is 30.3 Å². The first-order chi connectivity index (χ1) is 9.82. The van der Waals surface area contributed by atoms with Gasteiger partial charge in [0.1, 0.15) is 0 Å². The Kier molecular flexibility index (Phi) is 4.34. The number of halogens is 1. The first-order valence-electron chi connectivity index (χ1n) is 5.97. The predicted molar refractivity (Wildman–Crippen MR) is 84.7 cm³/mol. The van der Waals surface area contributed by atoms with E-state index in [9.17, 15) is 13.2 Å². The van der Waals surface area contributed by atoms with Crippen LogP contribution >= 0.6 is 15.9 Å². The number of sulfonamides is 1. The zero-order chi connectivity index (χ0) is 15.6. The molecule has 0 bridgehead atoms. The van der Waals surface area contributed by atoms with Crippen molar-refractivity contribution >= 4 is 37.5 Å². The molecule has 0 heterocycles. The largest absolute Gasteiger partial charge is 0.366 e. The summed E-state index contributed by atoms with van der Waals surface area (Å²) in [6, 6.07) is 12.6. The van der Waals surface area contributed by atoms with Crippen LogP contribution in [-0.4, -0.2) is 21.4 Å². The SMILES string of the molecule is CN(c1cc(Br)cc(C(N)=O)c1)S(=O)(=O)c1ccccc1. The van der Waals surface area contributed by atoms with E-state index in [0.29, 0.717) is 10.2 Å². The van der Waals surface area contributed by atoms with Crippen molar-refractivity contribution in [1.82, 2.24) is 0 Å². The number of carbonyl (C=O) groups is 1. The van der Waals surface area contributed by atoms with Crippen molar-refractivity contribution in [3.05, 3.63) is 58.6 Å². The Morgan fingerprint density at radius 3 is 2.33 bits per heavy atom. The first kappa shape index (κ1) is 15.5. The minimum Gasteiger partial charge on any atom is -0.366 e. The molecular weight excluding hydrogens is 356 g/mol. The normalized spacial score (nSPS) is 11.1. The average molecular weight is 369 g/mol. The standard InChI is InChI=1S/C14H13BrN2O3S/c1-17(21(19,20)13-5-3-2-4-6-13)12-8-10(14(16)18)7-11(15)9-12/h2-9H,1H3,(H2,16,18). The lowest BCUT2D eigenvalue weighted by atomic mass is 10.2. The zero-order valence-corrected chi connectivity index (χ0v) is 13.6. The fourth-order valence-electron chi connectivity index (χ4n) is 1.79. The number of rotatable bonds is 4. The fourth-order valence-corrected chi connectivity index (χ4v) is 3.47. The van der Waals surface area contributed by atoms with E-state index in [2.05, 4.69) is 15.9 Å². The summed E-state index contributed by atoms with van der Waals surface area (Å²) in [4.78, 5) is 11.5. The van der Waals surface area contributed by atoms with Gasteiger partial charge in [-0.15, -0.1) is 0 Å². The van der Waals surface area contributed by atoms with E-state index in [1.54, 1.807) is 24.3 Å². The second-order valence-corrected chi connectivity index (χ2v) is 7.23. The molecule has 0 saturated heterocycles. The summed E-state index contributed by atoms with van der Waals surface area (Å²) >= 11 is 3.24. The molecule has 2 aromatic carbocycles. The van der Waals surface area contributed by atoms with Crippen molar-refractivity contribution in [1.29, 1.82) is 0 Å². The topological polar surface area (TPSA) is 80.5 Å². The number of hydrogen-bond donors (Lipinski definition) is 1. The van der Waals surface area contributed by atoms with Crippen molar-refractivity contribution in [2.24, 2.45) is 5.73 Å². The van der Waals surface area contributed by atoms with Gasteiger partial charge in [-0.2, -0.15) is 0 Å². The Balaban J connectivity index is 2.50. The summed E-state index contributed by atoms with van der Waals surface area (Å²) in [6.07, 6.45) is 0. The van der Waals surface area contributed by atoms with Gasteiger partial charge in [0.05, 0.1) is 10.6 Å². The number of benzene rings is 2. The summed E-state index contributed by atoms with van der Waals surface area (Å²) in [5, 5.41) is 0. The molecule has 0 aromatic heterocycles. The Morgan fingerprint density at radius 2 is 1.76 bits per heavy atom. The van der Waals surface area contributed by atoms with Gasteiger partial charge in [0, 0.05) is 17.1 Å². The van der Waals surface area contributed by atoms with Crippen LogP contribution < -0.4 is 10.0 Å². The van der Waals surface area contributed by atoms with E-state index in [4.69, 9.17) is 5.73 Å². The molecule has 2 rings (SSSR count). The van der Waals surface area contributed by atoms with Crippen molar-refractivity contribution in [3.8, 4) is 0 Å². The minimum absolute atomic E-state index is 0.174. The molecule has 2 aromatic rings. The Labute approximate surface area is 131 Å². The number of amides is 1. The fraction of sp³-hybridized carbons (Fsp3) is 0.0714. The van der Waals surface area contributed by atoms with Gasteiger partial charge in [-0.3, -0.25) is 9.10 Å². The van der Waals surface area contributed by atoms with Crippen LogP contribution in [0.25, 0.3) is 0 Å². The lowest BCUT2D eigenvalue weighted by Gasteiger charge is -2.20. The van der Waals surface area contributed by atoms with Crippen LogP contribution in [0.5, 0.6) is 0 Å². The average Bonchev–Trinajstić information content (AvgIpc) is 2.46. The Bertz CT molecular complexity index is 776. The molecule has 0 spiro atoms. The van der Waals surface area contributed by atoms with E-state index in [1.807, 2.05) is 0 Å². The third-order valence-corrected chi connectivity index (χ3v) is 5.19. The summed E-state index contributed by atoms with van der Waals surface area (Å²) in [5.74, 6) is -0.622. The highest BCUT2D eigenvalue weighted by Crippen LogP contribution is 2.26. The summed E-state index contributed by atoms with van der Waals surface area (Å²) in [7, 11) is -2.27. The molecule has 0 aliphatic carbocycles. The van der Waals surface area contributed by atoms with E-state index in [1.165, 1.54) is 31.3 Å². The molecule has 7 heteroatoms. The van der Waals surface area contributed by atoms with Gasteiger partial charge in [0.2, 0.25) is 5.91 Å². The maximum Gasteiger partial charge on any atom is 0.264 e. The van der Waals surface area contributed by atoms with E-state index < -0.39 is 15.9 Å². The number of carbonyl (C=O) groups excluding carboxylic acids is 1. The highest BCUT2D eigenvalue weighted by Gasteiger charge is 2.21. The van der Waals surface area contributed by atoms with Crippen molar-refractivity contribution in [2.45, 2.75) is 4.90 Å². The smallest absolute Gasteiger partial charge is 0.264 e. The molecule has 110 valence electrons. The first-order valence-corrected chi connectivity index (χ1v) is 8.20. The summed E-state index contributed by atoms with van der Waals surface area (Å²) in [6.45, 7) is 0. The minimum atomic E-state index is -3.69.